The predicted octanol–water partition coefficient (Wildman–Crippen LogP) is 3.99. The minimum atomic E-state index is -4.92. The van der Waals surface area contributed by atoms with Gasteiger partial charge >= 0.3 is 6.18 Å². The molecule has 0 aliphatic carbocycles. The predicted molar refractivity (Wildman–Crippen MR) is 80.8 cm³/mol. The molecule has 2 rings (SSSR count). The van der Waals surface area contributed by atoms with Crippen LogP contribution in [-0.2, 0) is 11.2 Å². The van der Waals surface area contributed by atoms with Crippen molar-refractivity contribution in [3.05, 3.63) is 65.5 Å². The van der Waals surface area contributed by atoms with Crippen molar-refractivity contribution in [2.75, 3.05) is 5.32 Å². The van der Waals surface area contributed by atoms with Crippen molar-refractivity contribution >= 4 is 11.6 Å². The summed E-state index contributed by atoms with van der Waals surface area (Å²) in [6, 6.07) is 11.4. The zero-order chi connectivity index (χ0) is 17.7. The molecule has 2 aromatic carbocycles. The lowest BCUT2D eigenvalue weighted by Gasteiger charge is -2.18. The van der Waals surface area contributed by atoms with E-state index in [0.717, 1.165) is 23.8 Å². The minimum absolute atomic E-state index is 0.0160. The van der Waals surface area contributed by atoms with E-state index >= 15 is 0 Å². The molecule has 3 nitrogen and oxygen atoms in total. The minimum Gasteiger partial charge on any atom is -0.379 e. The Morgan fingerprint density at radius 1 is 1.12 bits per heavy atom. The molecular formula is C17H15F4NO2. The molecule has 0 aromatic heterocycles. The van der Waals surface area contributed by atoms with Crippen LogP contribution >= 0.6 is 0 Å². The fraction of sp³-hybridized carbons (Fsp3) is 0.235. The van der Waals surface area contributed by atoms with Gasteiger partial charge in [-0.1, -0.05) is 36.4 Å². The number of benzene rings is 2. The van der Waals surface area contributed by atoms with Crippen LogP contribution in [0.1, 0.15) is 23.7 Å². The monoisotopic (exact) mass is 341 g/mol. The van der Waals surface area contributed by atoms with Gasteiger partial charge < -0.3 is 10.4 Å². The number of hydrogen-bond acceptors (Lipinski definition) is 2. The Bertz CT molecular complexity index is 701. The molecule has 2 N–H and O–H groups in total. The van der Waals surface area contributed by atoms with Crippen molar-refractivity contribution in [2.45, 2.75) is 25.1 Å². The van der Waals surface area contributed by atoms with Gasteiger partial charge in [0.25, 0.3) is 0 Å². The quantitative estimate of drug-likeness (QED) is 0.808. The van der Waals surface area contributed by atoms with Gasteiger partial charge in [0.15, 0.2) is 6.10 Å². The summed E-state index contributed by atoms with van der Waals surface area (Å²) >= 11 is 0. The molecule has 7 heteroatoms. The standard InChI is InChI=1S/C17H15F4NO2/c18-12-7-8-13(16(24)17(19,20)21)14(10-12)22-15(23)9-6-11-4-2-1-3-5-11/h1-5,7-8,10,16,24H,6,9H2,(H,22,23). The summed E-state index contributed by atoms with van der Waals surface area (Å²) in [5, 5.41) is 11.6. The third kappa shape index (κ3) is 4.79. The van der Waals surface area contributed by atoms with Gasteiger partial charge in [0.2, 0.25) is 5.91 Å². The van der Waals surface area contributed by atoms with Crippen LogP contribution in [-0.4, -0.2) is 17.2 Å². The molecule has 0 heterocycles. The van der Waals surface area contributed by atoms with Gasteiger partial charge in [-0.2, -0.15) is 13.2 Å². The van der Waals surface area contributed by atoms with Crippen molar-refractivity contribution in [3.8, 4) is 0 Å². The number of anilines is 1. The SMILES string of the molecule is O=C(CCc1ccccc1)Nc1cc(F)ccc1C(O)C(F)(F)F. The number of aliphatic hydroxyl groups excluding tert-OH is 1. The van der Waals surface area contributed by atoms with Gasteiger partial charge in [0.05, 0.1) is 0 Å². The number of aryl methyl sites for hydroxylation is 1. The Balaban J connectivity index is 2.10. The lowest BCUT2D eigenvalue weighted by molar-refractivity contribution is -0.206. The molecule has 0 radical (unpaired) electrons. The molecule has 0 bridgehead atoms. The molecule has 0 fully saturated rings. The van der Waals surface area contributed by atoms with Gasteiger partial charge in [-0.25, -0.2) is 4.39 Å². The van der Waals surface area contributed by atoms with Gasteiger partial charge in [-0.05, 0) is 24.1 Å². The van der Waals surface area contributed by atoms with Crippen LogP contribution in [0.2, 0.25) is 0 Å². The molecule has 128 valence electrons. The first-order valence-electron chi connectivity index (χ1n) is 7.15. The third-order valence-electron chi connectivity index (χ3n) is 3.38. The van der Waals surface area contributed by atoms with Crippen LogP contribution in [0.25, 0.3) is 0 Å². The second-order valence-corrected chi connectivity index (χ2v) is 5.21. The summed E-state index contributed by atoms with van der Waals surface area (Å²) in [6.45, 7) is 0. The van der Waals surface area contributed by atoms with E-state index in [2.05, 4.69) is 5.32 Å². The topological polar surface area (TPSA) is 49.3 Å². The zero-order valence-electron chi connectivity index (χ0n) is 12.5. The van der Waals surface area contributed by atoms with E-state index < -0.39 is 35.3 Å². The fourth-order valence-electron chi connectivity index (χ4n) is 2.17. The van der Waals surface area contributed by atoms with Gasteiger partial charge in [0, 0.05) is 17.7 Å². The van der Waals surface area contributed by atoms with Crippen LogP contribution in [0.3, 0.4) is 0 Å². The van der Waals surface area contributed by atoms with Crippen LogP contribution in [0.15, 0.2) is 48.5 Å². The van der Waals surface area contributed by atoms with Crippen LogP contribution < -0.4 is 5.32 Å². The number of rotatable bonds is 5. The normalized spacial score (nSPS) is 12.7. The van der Waals surface area contributed by atoms with E-state index in [1.165, 1.54) is 0 Å². The fourth-order valence-corrected chi connectivity index (χ4v) is 2.17. The van der Waals surface area contributed by atoms with E-state index in [4.69, 9.17) is 0 Å². The number of alkyl halides is 3. The first kappa shape index (κ1) is 17.9. The van der Waals surface area contributed by atoms with Crippen molar-refractivity contribution in [1.29, 1.82) is 0 Å². The maximum Gasteiger partial charge on any atom is 0.418 e. The Kier molecular flexibility index (Phi) is 5.56. The zero-order valence-corrected chi connectivity index (χ0v) is 12.5. The summed E-state index contributed by atoms with van der Waals surface area (Å²) in [6.07, 6.45) is -7.31. The highest BCUT2D eigenvalue weighted by Gasteiger charge is 2.40. The molecular weight excluding hydrogens is 326 g/mol. The molecule has 0 saturated carbocycles. The summed E-state index contributed by atoms with van der Waals surface area (Å²) in [7, 11) is 0. The van der Waals surface area contributed by atoms with E-state index in [1.54, 1.807) is 12.1 Å². The van der Waals surface area contributed by atoms with Crippen molar-refractivity contribution in [2.24, 2.45) is 0 Å². The highest BCUT2D eigenvalue weighted by Crippen LogP contribution is 2.36. The molecule has 1 atom stereocenters. The van der Waals surface area contributed by atoms with E-state index in [0.29, 0.717) is 6.42 Å². The molecule has 24 heavy (non-hydrogen) atoms. The maximum atomic E-state index is 13.3. The summed E-state index contributed by atoms with van der Waals surface area (Å²) in [5.41, 5.74) is -0.0997. The van der Waals surface area contributed by atoms with E-state index in [-0.39, 0.29) is 6.42 Å². The number of aliphatic hydroxyl groups is 1. The second-order valence-electron chi connectivity index (χ2n) is 5.21. The highest BCUT2D eigenvalue weighted by molar-refractivity contribution is 5.91. The van der Waals surface area contributed by atoms with Gasteiger partial charge in [0.1, 0.15) is 5.82 Å². The van der Waals surface area contributed by atoms with Crippen molar-refractivity contribution in [1.82, 2.24) is 0 Å². The second kappa shape index (κ2) is 7.44. The molecule has 1 amide bonds. The molecule has 1 unspecified atom stereocenters. The number of carbonyl (C=O) groups is 1. The first-order chi connectivity index (χ1) is 11.3. The number of carbonyl (C=O) groups excluding carboxylic acids is 1. The van der Waals surface area contributed by atoms with Crippen molar-refractivity contribution in [3.63, 3.8) is 0 Å². The Labute approximate surface area is 135 Å². The average Bonchev–Trinajstić information content (AvgIpc) is 2.53. The molecule has 0 aliphatic rings. The summed E-state index contributed by atoms with van der Waals surface area (Å²) in [5.74, 6) is -1.38. The lowest BCUT2D eigenvalue weighted by Crippen LogP contribution is -2.23. The lowest BCUT2D eigenvalue weighted by atomic mass is 10.1. The molecule has 2 aromatic rings. The largest absolute Gasteiger partial charge is 0.418 e. The van der Waals surface area contributed by atoms with Gasteiger partial charge in [-0.3, -0.25) is 4.79 Å². The Morgan fingerprint density at radius 3 is 2.42 bits per heavy atom. The summed E-state index contributed by atoms with van der Waals surface area (Å²) < 4.78 is 51.3. The summed E-state index contributed by atoms with van der Waals surface area (Å²) in [4.78, 5) is 11.9. The number of halogens is 4. The molecule has 0 spiro atoms. The highest BCUT2D eigenvalue weighted by atomic mass is 19.4. The maximum absolute atomic E-state index is 13.3. The van der Waals surface area contributed by atoms with Crippen LogP contribution in [0, 0.1) is 5.82 Å². The van der Waals surface area contributed by atoms with Crippen LogP contribution in [0.5, 0.6) is 0 Å². The smallest absolute Gasteiger partial charge is 0.379 e. The van der Waals surface area contributed by atoms with Crippen molar-refractivity contribution < 1.29 is 27.5 Å². The Morgan fingerprint density at radius 2 is 1.79 bits per heavy atom. The third-order valence-corrected chi connectivity index (χ3v) is 3.38. The molecule has 0 aliphatic heterocycles. The number of nitrogens with one attached hydrogen (secondary N) is 1. The average molecular weight is 341 g/mol. The first-order valence-corrected chi connectivity index (χ1v) is 7.15. The Hall–Kier alpha value is -2.41. The molecule has 0 saturated heterocycles. The van der Waals surface area contributed by atoms with E-state index in [9.17, 15) is 27.5 Å². The number of hydrogen-bond donors (Lipinski definition) is 2. The number of amides is 1. The van der Waals surface area contributed by atoms with E-state index in [1.807, 2.05) is 18.2 Å². The van der Waals surface area contributed by atoms with Gasteiger partial charge in [-0.15, -0.1) is 0 Å². The van der Waals surface area contributed by atoms with Crippen LogP contribution in [0.4, 0.5) is 23.2 Å².